The van der Waals surface area contributed by atoms with Gasteiger partial charge in [0.15, 0.2) is 0 Å². The van der Waals surface area contributed by atoms with Gasteiger partial charge in [-0.15, -0.1) is 0 Å². The van der Waals surface area contributed by atoms with Crippen molar-refractivity contribution < 1.29 is 43.2 Å². The highest BCUT2D eigenvalue weighted by Crippen LogP contribution is 2.16. The third-order valence-electron chi connectivity index (χ3n) is 6.77. The van der Waals surface area contributed by atoms with E-state index < -0.39 is 36.1 Å². The van der Waals surface area contributed by atoms with Crippen LogP contribution in [-0.4, -0.2) is 61.5 Å². The fraction of sp³-hybridized carbons (Fsp3) is 0.871. The number of ether oxygens (including phenoxy) is 4. The maximum atomic E-state index is 12.6. The maximum absolute atomic E-state index is 12.6. The van der Waals surface area contributed by atoms with E-state index in [1.165, 1.54) is 71.3 Å². The molecule has 0 aliphatic rings. The molecule has 0 aromatic rings. The molecule has 0 amide bonds. The summed E-state index contributed by atoms with van der Waals surface area (Å²) in [6, 6.07) is 0. The minimum Gasteiger partial charge on any atom is -0.478 e. The number of rotatable bonds is 28. The van der Waals surface area contributed by atoms with E-state index in [1.807, 2.05) is 0 Å². The average Bonchev–Trinajstić information content (AvgIpc) is 2.93. The molecule has 0 aliphatic heterocycles. The molecule has 0 heterocycles. The maximum Gasteiger partial charge on any atom is 0.352 e. The molecule has 0 saturated carbocycles. The molecule has 0 saturated heterocycles. The summed E-state index contributed by atoms with van der Waals surface area (Å²) >= 11 is 0. The van der Waals surface area contributed by atoms with E-state index in [4.69, 9.17) is 18.9 Å². The van der Waals surface area contributed by atoms with Crippen molar-refractivity contribution >= 4 is 23.9 Å². The molecule has 9 heteroatoms. The van der Waals surface area contributed by atoms with Crippen molar-refractivity contribution in [2.45, 2.75) is 154 Å². The lowest BCUT2D eigenvalue weighted by molar-refractivity contribution is -0.190. The van der Waals surface area contributed by atoms with E-state index in [-0.39, 0.29) is 26.1 Å². The highest BCUT2D eigenvalue weighted by Gasteiger charge is 2.41. The van der Waals surface area contributed by atoms with Gasteiger partial charge in [-0.2, -0.15) is 0 Å². The van der Waals surface area contributed by atoms with Crippen LogP contribution in [0, 0.1) is 0 Å². The number of carboxylic acid groups (broad SMARTS) is 1. The number of carbonyl (C=O) groups excluding carboxylic acids is 3. The molecule has 0 unspecified atom stereocenters. The molecule has 0 radical (unpaired) electrons. The predicted octanol–water partition coefficient (Wildman–Crippen LogP) is 6.93. The molecule has 0 aliphatic carbocycles. The fourth-order valence-electron chi connectivity index (χ4n) is 4.34. The second-order valence-electron chi connectivity index (χ2n) is 10.5. The molecule has 0 aromatic carbocycles. The van der Waals surface area contributed by atoms with Gasteiger partial charge in [-0.3, -0.25) is 9.59 Å². The Hall–Kier alpha value is -2.16. The number of hydrogen-bond donors (Lipinski definition) is 1. The molecule has 0 bridgehead atoms. The third kappa shape index (κ3) is 21.6. The average molecular weight is 573 g/mol. The molecule has 0 spiro atoms. The Balaban J connectivity index is 4.71. The quantitative estimate of drug-likeness (QED) is 0.0603. The van der Waals surface area contributed by atoms with Crippen molar-refractivity contribution in [1.29, 1.82) is 0 Å². The summed E-state index contributed by atoms with van der Waals surface area (Å²) in [7, 11) is 1.42. The first-order chi connectivity index (χ1) is 19.4. The number of aliphatic carboxylic acids is 1. The normalized spacial score (nSPS) is 12.5. The monoisotopic (exact) mass is 572 g/mol. The van der Waals surface area contributed by atoms with Crippen molar-refractivity contribution in [3.05, 3.63) is 0 Å². The van der Waals surface area contributed by atoms with Crippen LogP contribution in [-0.2, 0) is 38.1 Å². The molecular weight excluding hydrogens is 516 g/mol. The molecular formula is C31H56O9. The lowest BCUT2D eigenvalue weighted by Crippen LogP contribution is -2.46. The summed E-state index contributed by atoms with van der Waals surface area (Å²) in [5.41, 5.74) is 0. The van der Waals surface area contributed by atoms with Gasteiger partial charge in [0.25, 0.3) is 0 Å². The number of hydrogen-bond acceptors (Lipinski definition) is 8. The van der Waals surface area contributed by atoms with Gasteiger partial charge in [0.1, 0.15) is 6.61 Å². The fourth-order valence-corrected chi connectivity index (χ4v) is 4.34. The van der Waals surface area contributed by atoms with Crippen LogP contribution in [0.5, 0.6) is 0 Å². The Morgan fingerprint density at radius 1 is 0.550 bits per heavy atom. The largest absolute Gasteiger partial charge is 0.478 e. The summed E-state index contributed by atoms with van der Waals surface area (Å²) in [6.45, 7) is 4.30. The summed E-state index contributed by atoms with van der Waals surface area (Å²) in [5.74, 6) is -4.14. The zero-order chi connectivity index (χ0) is 29.8. The summed E-state index contributed by atoms with van der Waals surface area (Å²) in [6.07, 6.45) is 15.4. The van der Waals surface area contributed by atoms with E-state index in [9.17, 15) is 24.3 Å². The molecule has 0 aromatic heterocycles. The Morgan fingerprint density at radius 3 is 1.30 bits per heavy atom. The van der Waals surface area contributed by atoms with Gasteiger partial charge < -0.3 is 24.1 Å². The third-order valence-corrected chi connectivity index (χ3v) is 6.77. The Morgan fingerprint density at radius 2 is 0.925 bits per heavy atom. The van der Waals surface area contributed by atoms with Gasteiger partial charge >= 0.3 is 23.9 Å². The summed E-state index contributed by atoms with van der Waals surface area (Å²) in [4.78, 5) is 49.4. The second kappa shape index (κ2) is 27.0. The van der Waals surface area contributed by atoms with Crippen LogP contribution < -0.4 is 0 Å². The first kappa shape index (κ1) is 37.8. The van der Waals surface area contributed by atoms with Crippen LogP contribution in [0.1, 0.15) is 142 Å². The first-order valence-corrected chi connectivity index (χ1v) is 15.6. The van der Waals surface area contributed by atoms with E-state index >= 15 is 0 Å². The Kier molecular flexibility index (Phi) is 25.6. The minimum absolute atomic E-state index is 0.0252. The lowest BCUT2D eigenvalue weighted by atomic mass is 10.1. The molecule has 40 heavy (non-hydrogen) atoms. The van der Waals surface area contributed by atoms with Gasteiger partial charge in [0.2, 0.25) is 12.2 Å². The smallest absolute Gasteiger partial charge is 0.352 e. The van der Waals surface area contributed by atoms with Crippen LogP contribution in [0.2, 0.25) is 0 Å². The van der Waals surface area contributed by atoms with Gasteiger partial charge in [0, 0.05) is 20.0 Å². The highest BCUT2D eigenvalue weighted by atomic mass is 16.6. The van der Waals surface area contributed by atoms with Crippen molar-refractivity contribution in [2.24, 2.45) is 0 Å². The topological polar surface area (TPSA) is 125 Å². The predicted molar refractivity (Wildman–Crippen MR) is 154 cm³/mol. The van der Waals surface area contributed by atoms with E-state index in [1.54, 1.807) is 0 Å². The lowest BCUT2D eigenvalue weighted by Gasteiger charge is -2.23. The van der Waals surface area contributed by atoms with Crippen molar-refractivity contribution in [2.75, 3.05) is 20.3 Å². The number of carbonyl (C=O) groups is 4. The van der Waals surface area contributed by atoms with Gasteiger partial charge in [-0.25, -0.2) is 9.59 Å². The second-order valence-corrected chi connectivity index (χ2v) is 10.5. The summed E-state index contributed by atoms with van der Waals surface area (Å²) < 4.78 is 20.2. The van der Waals surface area contributed by atoms with Gasteiger partial charge in [0.05, 0.1) is 6.61 Å². The molecule has 2 atom stereocenters. The van der Waals surface area contributed by atoms with Crippen LogP contribution in [0.3, 0.4) is 0 Å². The molecule has 0 fully saturated rings. The number of methoxy groups -OCH3 is 1. The van der Waals surface area contributed by atoms with Crippen molar-refractivity contribution in [1.82, 2.24) is 0 Å². The standard InChI is InChI=1S/C31H56O9/c1-4-6-8-10-12-14-16-18-20-22-26(32)39-28(30(34)35)29(31(36)38-25-24-37-3)40-27(33)23-21-19-17-15-13-11-9-7-5-2/h28-29H,4-25H2,1-3H3,(H,34,35)/t28-,29-/m1/s1. The molecule has 9 nitrogen and oxygen atoms in total. The molecule has 234 valence electrons. The van der Waals surface area contributed by atoms with Crippen LogP contribution in [0.15, 0.2) is 0 Å². The number of unbranched alkanes of at least 4 members (excludes halogenated alkanes) is 16. The Labute approximate surface area is 242 Å². The Bertz CT molecular complexity index is 665. The number of esters is 3. The van der Waals surface area contributed by atoms with Gasteiger partial charge in [-0.05, 0) is 12.8 Å². The van der Waals surface area contributed by atoms with Gasteiger partial charge in [-0.1, -0.05) is 117 Å². The van der Waals surface area contributed by atoms with E-state index in [2.05, 4.69) is 13.8 Å². The van der Waals surface area contributed by atoms with Crippen molar-refractivity contribution in [3.63, 3.8) is 0 Å². The molecule has 1 N–H and O–H groups in total. The molecule has 0 rings (SSSR count). The zero-order valence-electron chi connectivity index (χ0n) is 25.4. The SMILES string of the molecule is CCCCCCCCCCCC(=O)O[C@@H](C(=O)O)[C@@H](OC(=O)CCCCCCCCCCC)C(=O)OCCOC. The zero-order valence-corrected chi connectivity index (χ0v) is 25.4. The highest BCUT2D eigenvalue weighted by molar-refractivity contribution is 5.88. The van der Waals surface area contributed by atoms with E-state index in [0.717, 1.165) is 38.5 Å². The first-order valence-electron chi connectivity index (χ1n) is 15.6. The minimum atomic E-state index is -1.98. The van der Waals surface area contributed by atoms with E-state index in [0.29, 0.717) is 12.8 Å². The summed E-state index contributed by atoms with van der Waals surface area (Å²) in [5, 5.41) is 9.71. The van der Waals surface area contributed by atoms with Crippen LogP contribution in [0.4, 0.5) is 0 Å². The van der Waals surface area contributed by atoms with Crippen LogP contribution >= 0.6 is 0 Å². The van der Waals surface area contributed by atoms with Crippen LogP contribution in [0.25, 0.3) is 0 Å². The number of carboxylic acids is 1. The van der Waals surface area contributed by atoms with Crippen molar-refractivity contribution in [3.8, 4) is 0 Å².